The highest BCUT2D eigenvalue weighted by atomic mass is 35.5. The maximum absolute atomic E-state index is 8.19. The van der Waals surface area contributed by atoms with E-state index in [0.29, 0.717) is 23.3 Å². The molecule has 3 unspecified atom stereocenters. The number of nitrogens with two attached hydrogens (primary N) is 1. The summed E-state index contributed by atoms with van der Waals surface area (Å²) < 4.78 is 14.9. The Kier molecular flexibility index (Phi) is 9.76. The predicted octanol–water partition coefficient (Wildman–Crippen LogP) is 9.52. The van der Waals surface area contributed by atoms with Crippen molar-refractivity contribution in [1.82, 2.24) is 19.9 Å². The van der Waals surface area contributed by atoms with Crippen LogP contribution in [-0.4, -0.2) is 38.0 Å². The number of aromatic nitrogens is 4. The number of nitrogens with zero attached hydrogens (tertiary/aromatic N) is 3. The molecule has 0 radical (unpaired) electrons. The monoisotopic (exact) mass is 767 g/mol. The Morgan fingerprint density at radius 1 is 0.561 bits per heavy atom. The number of alkyl halides is 1. The van der Waals surface area contributed by atoms with Crippen molar-refractivity contribution in [2.24, 2.45) is 11.7 Å². The van der Waals surface area contributed by atoms with Gasteiger partial charge in [-0.1, -0.05) is 182 Å². The lowest BCUT2D eigenvalue weighted by molar-refractivity contribution is -0.106. The van der Waals surface area contributed by atoms with E-state index in [0.717, 1.165) is 33.4 Å². The van der Waals surface area contributed by atoms with Crippen molar-refractivity contribution >= 4 is 22.8 Å². The minimum atomic E-state index is -1.22. The highest BCUT2D eigenvalue weighted by Gasteiger charge is 2.66. The molecule has 3 N–H and O–H groups in total. The third-order valence-electron chi connectivity index (χ3n) is 11.7. The van der Waals surface area contributed by atoms with E-state index < -0.39 is 21.6 Å². The van der Waals surface area contributed by atoms with Gasteiger partial charge in [0.1, 0.15) is 23.0 Å². The number of imidazole rings is 1. The fraction of sp³-hybridized carbons (Fsp3) is 0.163. The van der Waals surface area contributed by atoms with Gasteiger partial charge in [0.2, 0.25) is 0 Å². The van der Waals surface area contributed by atoms with Crippen LogP contribution in [0.1, 0.15) is 45.5 Å². The van der Waals surface area contributed by atoms with Crippen molar-refractivity contribution in [3.05, 3.63) is 234 Å². The van der Waals surface area contributed by atoms with Gasteiger partial charge in [-0.25, -0.2) is 15.0 Å². The number of fused-ring (bicyclic) bond motifs is 1. The first-order valence-electron chi connectivity index (χ1n) is 19.2. The molecule has 0 amide bonds. The first-order valence-corrected chi connectivity index (χ1v) is 19.6. The maximum atomic E-state index is 8.19. The van der Waals surface area contributed by atoms with E-state index >= 15 is 0 Å². The lowest BCUT2D eigenvalue weighted by atomic mass is 9.57. The summed E-state index contributed by atoms with van der Waals surface area (Å²) in [5.74, 6) is -0.285. The summed E-state index contributed by atoms with van der Waals surface area (Å²) in [6, 6.07) is 62.0. The molecule has 0 spiro atoms. The fourth-order valence-corrected chi connectivity index (χ4v) is 9.13. The number of ether oxygens (including phenoxy) is 2. The van der Waals surface area contributed by atoms with Gasteiger partial charge >= 0.3 is 0 Å². The summed E-state index contributed by atoms with van der Waals surface area (Å²) in [5.41, 5.74) is 12.1. The number of aromatic amines is 1. The third kappa shape index (κ3) is 6.15. The smallest absolute Gasteiger partial charge is 0.180 e. The van der Waals surface area contributed by atoms with Crippen LogP contribution in [0.2, 0.25) is 0 Å². The number of H-pyrrole nitrogens is 1. The molecule has 8 aromatic rings. The molecule has 1 aliphatic rings. The van der Waals surface area contributed by atoms with Crippen LogP contribution in [0.4, 0.5) is 0 Å². The summed E-state index contributed by atoms with van der Waals surface area (Å²) in [7, 11) is 0. The van der Waals surface area contributed by atoms with Crippen LogP contribution >= 0.6 is 11.6 Å². The number of benzene rings is 6. The molecule has 7 nitrogen and oxygen atoms in total. The second-order valence-corrected chi connectivity index (χ2v) is 15.4. The highest BCUT2D eigenvalue weighted by Crippen LogP contribution is 2.59. The van der Waals surface area contributed by atoms with Crippen LogP contribution in [0.15, 0.2) is 195 Å². The van der Waals surface area contributed by atoms with Crippen molar-refractivity contribution in [3.63, 3.8) is 0 Å². The quantitative estimate of drug-likeness (QED) is 0.0896. The summed E-state index contributed by atoms with van der Waals surface area (Å²) in [5, 5.41) is 0. The van der Waals surface area contributed by atoms with E-state index in [1.54, 1.807) is 6.33 Å². The SMILES string of the molecule is NC1(c2ncnc3nc[nH]c23)CC(COC(c2ccccc2)(c2ccccc2)c2ccccc2)C1(Cl)COC(c1ccccc1)(c1ccccc1)c1ccccc1. The highest BCUT2D eigenvalue weighted by molar-refractivity contribution is 6.26. The van der Waals surface area contributed by atoms with E-state index in [1.165, 1.54) is 6.33 Å². The summed E-state index contributed by atoms with van der Waals surface area (Å²) in [6.07, 6.45) is 3.58. The fourth-order valence-electron chi connectivity index (χ4n) is 8.76. The molecule has 282 valence electrons. The van der Waals surface area contributed by atoms with Gasteiger partial charge in [0.25, 0.3) is 0 Å². The number of nitrogens with one attached hydrogen (secondary N) is 1. The van der Waals surface area contributed by atoms with Crippen molar-refractivity contribution in [1.29, 1.82) is 0 Å². The third-order valence-corrected chi connectivity index (χ3v) is 12.4. The summed E-state index contributed by atoms with van der Waals surface area (Å²) >= 11 is 8.19. The van der Waals surface area contributed by atoms with Gasteiger partial charge in [0.05, 0.1) is 35.6 Å². The van der Waals surface area contributed by atoms with Gasteiger partial charge in [-0.05, 0) is 39.8 Å². The molecule has 6 aromatic carbocycles. The van der Waals surface area contributed by atoms with Crippen molar-refractivity contribution in [2.45, 2.75) is 28.0 Å². The van der Waals surface area contributed by atoms with Crippen molar-refractivity contribution < 1.29 is 9.47 Å². The predicted molar refractivity (Wildman–Crippen MR) is 225 cm³/mol. The van der Waals surface area contributed by atoms with E-state index in [-0.39, 0.29) is 19.1 Å². The van der Waals surface area contributed by atoms with Gasteiger partial charge in [-0.2, -0.15) is 0 Å². The standard InChI is InChI=1S/C49H42ClN5O2/c50-46(33-57-49(39-25-13-4-14-26-39,40-27-15-5-16-28-40)41-29-17-6-18-30-41)42(31-47(46,51)44-43-45(54-34-52-43)55-35-53-44)32-56-48(36-19-7-1-8-20-36,37-21-9-2-10-22-37)38-23-11-3-12-24-38/h1-30,34-35,42H,31-33,51H2,(H,52,53,54,55). The normalized spacial score (nSPS) is 19.6. The average molecular weight is 768 g/mol. The molecule has 9 rings (SSSR count). The molecule has 0 saturated heterocycles. The Bertz CT molecular complexity index is 2350. The van der Waals surface area contributed by atoms with Crippen molar-refractivity contribution in [3.8, 4) is 0 Å². The second kappa shape index (κ2) is 15.2. The number of hydrogen-bond acceptors (Lipinski definition) is 6. The van der Waals surface area contributed by atoms with Crippen LogP contribution in [0.25, 0.3) is 11.2 Å². The van der Waals surface area contributed by atoms with Crippen LogP contribution in [0.3, 0.4) is 0 Å². The van der Waals surface area contributed by atoms with E-state index in [9.17, 15) is 0 Å². The van der Waals surface area contributed by atoms with Gasteiger partial charge < -0.3 is 20.2 Å². The first-order chi connectivity index (χ1) is 28.0. The molecule has 57 heavy (non-hydrogen) atoms. The summed E-state index contributed by atoms with van der Waals surface area (Å²) in [4.78, 5) is 15.6. The first kappa shape index (κ1) is 36.7. The number of halogens is 1. The van der Waals surface area contributed by atoms with Gasteiger partial charge in [0, 0.05) is 5.92 Å². The van der Waals surface area contributed by atoms with E-state index in [4.69, 9.17) is 31.8 Å². The Balaban J connectivity index is 1.18. The molecular weight excluding hydrogens is 726 g/mol. The Morgan fingerprint density at radius 3 is 1.35 bits per heavy atom. The minimum Gasteiger partial charge on any atom is -0.360 e. The minimum absolute atomic E-state index is 0.0480. The van der Waals surface area contributed by atoms with Crippen molar-refractivity contribution in [2.75, 3.05) is 13.2 Å². The molecule has 2 heterocycles. The van der Waals surface area contributed by atoms with Crippen LogP contribution < -0.4 is 5.73 Å². The summed E-state index contributed by atoms with van der Waals surface area (Å²) in [6.45, 7) is 0.309. The van der Waals surface area contributed by atoms with Crippen LogP contribution in [0.5, 0.6) is 0 Å². The van der Waals surface area contributed by atoms with Gasteiger partial charge in [-0.3, -0.25) is 0 Å². The Labute approximate surface area is 337 Å². The molecule has 1 saturated carbocycles. The largest absolute Gasteiger partial charge is 0.360 e. The average Bonchev–Trinajstić information content (AvgIpc) is 3.78. The van der Waals surface area contributed by atoms with Crippen LogP contribution in [-0.2, 0) is 26.2 Å². The molecule has 1 aliphatic carbocycles. The van der Waals surface area contributed by atoms with E-state index in [1.807, 2.05) is 109 Å². The second-order valence-electron chi connectivity index (χ2n) is 14.7. The molecule has 3 atom stereocenters. The van der Waals surface area contributed by atoms with Gasteiger partial charge in [-0.15, -0.1) is 11.6 Å². The number of rotatable bonds is 13. The number of hydrogen-bond donors (Lipinski definition) is 2. The maximum Gasteiger partial charge on any atom is 0.180 e. The lowest BCUT2D eigenvalue weighted by Crippen LogP contribution is -2.72. The molecule has 1 fully saturated rings. The van der Waals surface area contributed by atoms with Gasteiger partial charge in [0.15, 0.2) is 5.65 Å². The molecular formula is C49H42ClN5O2. The molecule has 2 aromatic heterocycles. The Morgan fingerprint density at radius 2 is 0.947 bits per heavy atom. The van der Waals surface area contributed by atoms with E-state index in [2.05, 4.69) is 87.7 Å². The zero-order chi connectivity index (χ0) is 38.8. The molecule has 0 aliphatic heterocycles. The Hall–Kier alpha value is -5.96. The van der Waals surface area contributed by atoms with Crippen LogP contribution in [0, 0.1) is 5.92 Å². The molecule has 0 bridgehead atoms. The lowest BCUT2D eigenvalue weighted by Gasteiger charge is -2.59. The zero-order valence-electron chi connectivity index (χ0n) is 31.3. The zero-order valence-corrected chi connectivity index (χ0v) is 32.0. The molecule has 8 heteroatoms. The topological polar surface area (TPSA) is 98.9 Å².